The number of halogens is 2. The maximum atomic E-state index is 14.7. The van der Waals surface area contributed by atoms with Crippen LogP contribution in [0.25, 0.3) is 0 Å². The van der Waals surface area contributed by atoms with E-state index < -0.39 is 6.17 Å². The number of nitrogens with zero attached hydrogens (tertiary/aromatic N) is 1. The summed E-state index contributed by atoms with van der Waals surface area (Å²) in [6.07, 6.45) is 0.171. The lowest BCUT2D eigenvalue weighted by Crippen LogP contribution is -2.21. The fourth-order valence-electron chi connectivity index (χ4n) is 2.82. The van der Waals surface area contributed by atoms with E-state index in [9.17, 15) is 13.6 Å². The summed E-state index contributed by atoms with van der Waals surface area (Å²) >= 11 is 0. The molecule has 0 aliphatic carbocycles. The van der Waals surface area contributed by atoms with Crippen LogP contribution in [0.2, 0.25) is 0 Å². The average Bonchev–Trinajstić information content (AvgIpc) is 2.75. The molecular weight excluding hydrogens is 392 g/mol. The van der Waals surface area contributed by atoms with Gasteiger partial charge in [0.15, 0.2) is 0 Å². The highest BCUT2D eigenvalue weighted by molar-refractivity contribution is 5.24. The Balaban J connectivity index is 1.57. The van der Waals surface area contributed by atoms with Crippen molar-refractivity contribution < 1.29 is 23.0 Å². The van der Waals surface area contributed by atoms with Gasteiger partial charge in [-0.3, -0.25) is 4.79 Å². The molecule has 0 amide bonds. The van der Waals surface area contributed by atoms with Gasteiger partial charge in [-0.05, 0) is 34.9 Å². The summed E-state index contributed by atoms with van der Waals surface area (Å²) in [5, 5.41) is 0. The van der Waals surface area contributed by atoms with E-state index >= 15 is 0 Å². The van der Waals surface area contributed by atoms with Crippen molar-refractivity contribution >= 4 is 0 Å². The first kappa shape index (κ1) is 21.7. The van der Waals surface area contributed by atoms with Crippen LogP contribution >= 0.6 is 0 Å². The summed E-state index contributed by atoms with van der Waals surface area (Å²) in [6.45, 7) is 0.677. The van der Waals surface area contributed by atoms with Crippen molar-refractivity contribution in [2.24, 2.45) is 0 Å². The van der Waals surface area contributed by atoms with Crippen molar-refractivity contribution in [3.63, 3.8) is 0 Å². The summed E-state index contributed by atoms with van der Waals surface area (Å²) in [5.74, 6) is 0.0487. The molecule has 158 valence electrons. The van der Waals surface area contributed by atoms with Gasteiger partial charge in [-0.15, -0.1) is 0 Å². The Bertz CT molecular complexity index is 987. The molecule has 0 saturated heterocycles. The minimum Gasteiger partial charge on any atom is -0.489 e. The van der Waals surface area contributed by atoms with E-state index in [1.165, 1.54) is 29.0 Å². The molecule has 0 saturated carbocycles. The molecule has 0 bridgehead atoms. The summed E-state index contributed by atoms with van der Waals surface area (Å²) in [4.78, 5) is 12.3. The Kier molecular flexibility index (Phi) is 7.70. The predicted octanol–water partition coefficient (Wildman–Crippen LogP) is 4.40. The van der Waals surface area contributed by atoms with Crippen LogP contribution in [0.1, 0.15) is 22.9 Å². The number of hydrogen-bond acceptors (Lipinski definition) is 4. The quantitative estimate of drug-likeness (QED) is 0.364. The number of pyridine rings is 1. The van der Waals surface area contributed by atoms with E-state index in [1.807, 2.05) is 0 Å². The second-order valence-corrected chi connectivity index (χ2v) is 6.73. The van der Waals surface area contributed by atoms with Crippen LogP contribution in [-0.2, 0) is 29.2 Å². The Morgan fingerprint density at radius 3 is 2.30 bits per heavy atom. The maximum absolute atomic E-state index is 14.7. The normalized spacial score (nSPS) is 12.0. The van der Waals surface area contributed by atoms with Crippen molar-refractivity contribution in [1.29, 1.82) is 0 Å². The van der Waals surface area contributed by atoms with Gasteiger partial charge in [0.05, 0.1) is 13.2 Å². The standard InChI is InChI=1S/C23H23F2NO4/c1-28-16-29-14-17-2-6-19(7-3-17)22(25)13-26-11-10-21(12-23(26)27)30-15-18-4-8-20(24)9-5-18/h2-12,22H,13-16H2,1H3. The molecule has 1 aromatic heterocycles. The highest BCUT2D eigenvalue weighted by Gasteiger charge is 2.12. The molecule has 1 heterocycles. The van der Waals surface area contributed by atoms with Gasteiger partial charge in [0, 0.05) is 19.4 Å². The minimum atomic E-state index is -1.33. The third-order valence-electron chi connectivity index (χ3n) is 4.45. The Hall–Kier alpha value is -3.03. The number of hydrogen-bond donors (Lipinski definition) is 0. The lowest BCUT2D eigenvalue weighted by atomic mass is 10.1. The molecule has 7 heteroatoms. The first-order chi connectivity index (χ1) is 14.5. The number of aromatic nitrogens is 1. The molecule has 3 aromatic rings. The summed E-state index contributed by atoms with van der Waals surface area (Å²) in [7, 11) is 1.54. The van der Waals surface area contributed by atoms with E-state index in [1.54, 1.807) is 49.6 Å². The first-order valence-electron chi connectivity index (χ1n) is 9.42. The van der Waals surface area contributed by atoms with Gasteiger partial charge in [0.1, 0.15) is 31.1 Å². The van der Waals surface area contributed by atoms with E-state index in [-0.39, 0.29) is 31.3 Å². The smallest absolute Gasteiger partial charge is 0.254 e. The molecule has 0 spiro atoms. The number of alkyl halides is 1. The lowest BCUT2D eigenvalue weighted by Gasteiger charge is -2.13. The number of rotatable bonds is 10. The van der Waals surface area contributed by atoms with Gasteiger partial charge in [0.2, 0.25) is 0 Å². The van der Waals surface area contributed by atoms with Crippen molar-refractivity contribution in [2.45, 2.75) is 25.9 Å². The molecule has 0 N–H and O–H groups in total. The lowest BCUT2D eigenvalue weighted by molar-refractivity contribution is -0.0390. The van der Waals surface area contributed by atoms with Crippen LogP contribution in [0.15, 0.2) is 71.7 Å². The largest absolute Gasteiger partial charge is 0.489 e. The highest BCUT2D eigenvalue weighted by Crippen LogP contribution is 2.20. The van der Waals surface area contributed by atoms with Crippen LogP contribution in [0, 0.1) is 5.82 Å². The molecule has 5 nitrogen and oxygen atoms in total. The number of methoxy groups -OCH3 is 1. The number of ether oxygens (including phenoxy) is 3. The Morgan fingerprint density at radius 1 is 0.967 bits per heavy atom. The molecule has 1 unspecified atom stereocenters. The van der Waals surface area contributed by atoms with Gasteiger partial charge in [-0.25, -0.2) is 8.78 Å². The van der Waals surface area contributed by atoms with Crippen LogP contribution in [0.5, 0.6) is 5.75 Å². The fourth-order valence-corrected chi connectivity index (χ4v) is 2.82. The van der Waals surface area contributed by atoms with Gasteiger partial charge in [0.25, 0.3) is 5.56 Å². The second kappa shape index (κ2) is 10.7. The SMILES string of the molecule is COCOCc1ccc(C(F)Cn2ccc(OCc3ccc(F)cc3)cc2=O)cc1. The topological polar surface area (TPSA) is 49.7 Å². The predicted molar refractivity (Wildman–Crippen MR) is 108 cm³/mol. The van der Waals surface area contributed by atoms with Gasteiger partial charge < -0.3 is 18.8 Å². The van der Waals surface area contributed by atoms with E-state index in [2.05, 4.69) is 0 Å². The van der Waals surface area contributed by atoms with E-state index in [0.29, 0.717) is 17.9 Å². The van der Waals surface area contributed by atoms with Crippen molar-refractivity contribution in [3.8, 4) is 5.75 Å². The van der Waals surface area contributed by atoms with Crippen LogP contribution in [0.4, 0.5) is 8.78 Å². The molecule has 2 aromatic carbocycles. The van der Waals surface area contributed by atoms with Crippen LogP contribution < -0.4 is 10.3 Å². The van der Waals surface area contributed by atoms with Gasteiger partial charge >= 0.3 is 0 Å². The fraction of sp³-hybridized carbons (Fsp3) is 0.261. The zero-order valence-electron chi connectivity index (χ0n) is 16.6. The molecule has 3 rings (SSSR count). The average molecular weight is 415 g/mol. The summed E-state index contributed by atoms with van der Waals surface area (Å²) < 4.78 is 44.5. The first-order valence-corrected chi connectivity index (χ1v) is 9.42. The second-order valence-electron chi connectivity index (χ2n) is 6.73. The molecule has 0 aliphatic rings. The van der Waals surface area contributed by atoms with E-state index in [0.717, 1.165) is 11.1 Å². The van der Waals surface area contributed by atoms with Gasteiger partial charge in [-0.2, -0.15) is 0 Å². The zero-order valence-corrected chi connectivity index (χ0v) is 16.6. The third kappa shape index (κ3) is 6.23. The van der Waals surface area contributed by atoms with Gasteiger partial charge in [-0.1, -0.05) is 36.4 Å². The van der Waals surface area contributed by atoms with Crippen LogP contribution in [-0.4, -0.2) is 18.5 Å². The Morgan fingerprint density at radius 2 is 1.63 bits per heavy atom. The van der Waals surface area contributed by atoms with Crippen molar-refractivity contribution in [3.05, 3.63) is 99.7 Å². The zero-order chi connectivity index (χ0) is 21.3. The molecule has 0 radical (unpaired) electrons. The molecule has 30 heavy (non-hydrogen) atoms. The molecule has 0 aliphatic heterocycles. The summed E-state index contributed by atoms with van der Waals surface area (Å²) in [6, 6.07) is 15.8. The van der Waals surface area contributed by atoms with Crippen molar-refractivity contribution in [1.82, 2.24) is 4.57 Å². The Labute approximate surface area is 173 Å². The highest BCUT2D eigenvalue weighted by atomic mass is 19.1. The molecular formula is C23H23F2NO4. The van der Waals surface area contributed by atoms with Crippen LogP contribution in [0.3, 0.4) is 0 Å². The van der Waals surface area contributed by atoms with Crippen molar-refractivity contribution in [2.75, 3.05) is 13.9 Å². The minimum absolute atomic E-state index is 0.101. The van der Waals surface area contributed by atoms with E-state index in [4.69, 9.17) is 14.2 Å². The monoisotopic (exact) mass is 415 g/mol. The molecule has 1 atom stereocenters. The number of benzene rings is 2. The molecule has 0 fully saturated rings. The third-order valence-corrected chi connectivity index (χ3v) is 4.45. The maximum Gasteiger partial charge on any atom is 0.254 e. The summed E-state index contributed by atoms with van der Waals surface area (Å²) in [5.41, 5.74) is 1.80.